The number of amides is 1. The minimum Gasteiger partial charge on any atom is -0.452 e. The smallest absolute Gasteiger partial charge is 0.331 e. The second-order valence-electron chi connectivity index (χ2n) is 7.54. The Balaban J connectivity index is 1.90. The number of benzene rings is 1. The molecule has 0 bridgehead atoms. The maximum Gasteiger partial charge on any atom is 0.331 e. The molecule has 0 aliphatic carbocycles. The van der Waals surface area contributed by atoms with Gasteiger partial charge in [-0.2, -0.15) is 9.57 Å². The van der Waals surface area contributed by atoms with Gasteiger partial charge in [-0.3, -0.25) is 4.79 Å². The molecule has 1 atom stereocenters. The predicted octanol–water partition coefficient (Wildman–Crippen LogP) is 1.32. The second-order valence-corrected chi connectivity index (χ2v) is 9.48. The highest BCUT2D eigenvalue weighted by Gasteiger charge is 2.30. The van der Waals surface area contributed by atoms with Crippen molar-refractivity contribution >= 4 is 28.0 Å². The number of nitrogens with zero attached hydrogens (tertiary/aromatic N) is 2. The summed E-state index contributed by atoms with van der Waals surface area (Å²) >= 11 is 0. The fourth-order valence-corrected chi connectivity index (χ4v) is 4.07. The zero-order valence-electron chi connectivity index (χ0n) is 17.8. The molecule has 1 aliphatic rings. The lowest BCUT2D eigenvalue weighted by Gasteiger charge is -2.27. The number of nitrogens with one attached hydrogen (secondary N) is 1. The van der Waals surface area contributed by atoms with Crippen LogP contribution in [0.3, 0.4) is 0 Å². The molecule has 0 saturated carbocycles. The standard InChI is InChI=1S/C21H27N3O6S/c1-16(2)21(3,15-22)23-19(25)14-30-20(26)9-6-17-4-7-18(8-5-17)31(27,28)24-10-12-29-13-11-24/h4-9,16H,10-14H2,1-3H3,(H,23,25). The Morgan fingerprint density at radius 3 is 2.45 bits per heavy atom. The van der Waals surface area contributed by atoms with Crippen LogP contribution in [0.25, 0.3) is 6.08 Å². The van der Waals surface area contributed by atoms with Gasteiger partial charge in [0, 0.05) is 19.2 Å². The summed E-state index contributed by atoms with van der Waals surface area (Å²) in [6.07, 6.45) is 2.60. The van der Waals surface area contributed by atoms with Gasteiger partial charge in [0.15, 0.2) is 6.61 Å². The van der Waals surface area contributed by atoms with Gasteiger partial charge in [-0.1, -0.05) is 26.0 Å². The van der Waals surface area contributed by atoms with Crippen molar-refractivity contribution < 1.29 is 27.5 Å². The Morgan fingerprint density at radius 1 is 1.29 bits per heavy atom. The van der Waals surface area contributed by atoms with Crippen LogP contribution in [-0.4, -0.2) is 63.0 Å². The van der Waals surface area contributed by atoms with Gasteiger partial charge in [0.25, 0.3) is 5.91 Å². The number of sulfonamides is 1. The third kappa shape index (κ3) is 6.62. The molecule has 2 rings (SSSR count). The van der Waals surface area contributed by atoms with Crippen LogP contribution in [0.2, 0.25) is 0 Å². The first-order valence-electron chi connectivity index (χ1n) is 9.83. The Hall–Kier alpha value is -2.74. The fraction of sp³-hybridized carbons (Fsp3) is 0.476. The van der Waals surface area contributed by atoms with E-state index in [9.17, 15) is 23.3 Å². The van der Waals surface area contributed by atoms with Crippen molar-refractivity contribution in [2.24, 2.45) is 5.92 Å². The van der Waals surface area contributed by atoms with E-state index in [1.54, 1.807) is 32.9 Å². The van der Waals surface area contributed by atoms with Crippen LogP contribution in [0.15, 0.2) is 35.2 Å². The molecule has 1 aromatic rings. The SMILES string of the molecule is CC(C)C(C)(C#N)NC(=O)COC(=O)C=Cc1ccc(S(=O)(=O)N2CCOCC2)cc1. The number of ether oxygens (including phenoxy) is 2. The zero-order valence-corrected chi connectivity index (χ0v) is 18.6. The minimum atomic E-state index is -3.58. The number of esters is 1. The summed E-state index contributed by atoms with van der Waals surface area (Å²) in [6.45, 7) is 6.05. The molecule has 1 amide bonds. The van der Waals surface area contributed by atoms with E-state index in [0.29, 0.717) is 31.9 Å². The van der Waals surface area contributed by atoms with E-state index in [2.05, 4.69) is 5.32 Å². The lowest BCUT2D eigenvalue weighted by atomic mass is 9.90. The van der Waals surface area contributed by atoms with E-state index in [0.717, 1.165) is 6.08 Å². The monoisotopic (exact) mass is 449 g/mol. The number of morpholine rings is 1. The van der Waals surface area contributed by atoms with Crippen LogP contribution >= 0.6 is 0 Å². The molecule has 10 heteroatoms. The maximum atomic E-state index is 12.6. The molecule has 168 valence electrons. The summed E-state index contributed by atoms with van der Waals surface area (Å²) in [6, 6.07) is 8.13. The Labute approximate surface area is 182 Å². The largest absolute Gasteiger partial charge is 0.452 e. The third-order valence-corrected chi connectivity index (χ3v) is 6.94. The van der Waals surface area contributed by atoms with E-state index in [-0.39, 0.29) is 10.8 Å². The molecular formula is C21H27N3O6S. The van der Waals surface area contributed by atoms with Crippen LogP contribution in [0.5, 0.6) is 0 Å². The zero-order chi connectivity index (χ0) is 23.1. The first-order valence-corrected chi connectivity index (χ1v) is 11.3. The molecule has 0 radical (unpaired) electrons. The van der Waals surface area contributed by atoms with E-state index >= 15 is 0 Å². The topological polar surface area (TPSA) is 126 Å². The van der Waals surface area contributed by atoms with Crippen molar-refractivity contribution in [3.8, 4) is 6.07 Å². The van der Waals surface area contributed by atoms with Crippen molar-refractivity contribution in [2.75, 3.05) is 32.9 Å². The van der Waals surface area contributed by atoms with E-state index < -0.39 is 34.0 Å². The predicted molar refractivity (Wildman–Crippen MR) is 113 cm³/mol. The fourth-order valence-electron chi connectivity index (χ4n) is 2.66. The lowest BCUT2D eigenvalue weighted by Crippen LogP contribution is -2.50. The Morgan fingerprint density at radius 2 is 1.90 bits per heavy atom. The number of carbonyl (C=O) groups is 2. The molecule has 1 N–H and O–H groups in total. The lowest BCUT2D eigenvalue weighted by molar-refractivity contribution is -0.144. The molecule has 1 heterocycles. The summed E-state index contributed by atoms with van der Waals surface area (Å²) in [7, 11) is -3.58. The number of carbonyl (C=O) groups excluding carboxylic acids is 2. The van der Waals surface area contributed by atoms with Crippen LogP contribution in [-0.2, 0) is 29.1 Å². The molecule has 1 aliphatic heterocycles. The molecule has 1 fully saturated rings. The highest BCUT2D eigenvalue weighted by Crippen LogP contribution is 2.18. The van der Waals surface area contributed by atoms with Crippen molar-refractivity contribution in [3.63, 3.8) is 0 Å². The molecule has 0 spiro atoms. The van der Waals surface area contributed by atoms with Crippen molar-refractivity contribution in [3.05, 3.63) is 35.9 Å². The third-order valence-electron chi connectivity index (χ3n) is 5.03. The van der Waals surface area contributed by atoms with Crippen molar-refractivity contribution in [2.45, 2.75) is 31.2 Å². The first kappa shape index (κ1) is 24.5. The summed E-state index contributed by atoms with van der Waals surface area (Å²) in [5.41, 5.74) is -0.456. The number of rotatable bonds is 8. The van der Waals surface area contributed by atoms with Gasteiger partial charge in [0.2, 0.25) is 10.0 Å². The summed E-state index contributed by atoms with van der Waals surface area (Å²) in [5.74, 6) is -1.42. The molecule has 1 aromatic carbocycles. The van der Waals surface area contributed by atoms with Crippen molar-refractivity contribution in [1.29, 1.82) is 5.26 Å². The molecule has 1 unspecified atom stereocenters. The van der Waals surface area contributed by atoms with Gasteiger partial charge in [0.1, 0.15) is 5.54 Å². The van der Waals surface area contributed by atoms with E-state index in [1.807, 2.05) is 6.07 Å². The van der Waals surface area contributed by atoms with Crippen LogP contribution in [0, 0.1) is 17.2 Å². The summed E-state index contributed by atoms with van der Waals surface area (Å²) in [4.78, 5) is 23.9. The second kappa shape index (κ2) is 10.5. The number of hydrogen-bond acceptors (Lipinski definition) is 7. The highest BCUT2D eigenvalue weighted by atomic mass is 32.2. The first-order chi connectivity index (χ1) is 14.6. The average Bonchev–Trinajstić information content (AvgIpc) is 2.77. The van der Waals surface area contributed by atoms with Gasteiger partial charge >= 0.3 is 5.97 Å². The molecule has 1 saturated heterocycles. The maximum absolute atomic E-state index is 12.6. The number of nitriles is 1. The van der Waals surface area contributed by atoms with Crippen LogP contribution in [0.1, 0.15) is 26.3 Å². The number of hydrogen-bond donors (Lipinski definition) is 1. The highest BCUT2D eigenvalue weighted by molar-refractivity contribution is 7.89. The molecule has 0 aromatic heterocycles. The minimum absolute atomic E-state index is 0.118. The van der Waals surface area contributed by atoms with Gasteiger partial charge in [-0.05, 0) is 36.6 Å². The van der Waals surface area contributed by atoms with Gasteiger partial charge < -0.3 is 14.8 Å². The van der Waals surface area contributed by atoms with Crippen LogP contribution < -0.4 is 5.32 Å². The van der Waals surface area contributed by atoms with Gasteiger partial charge in [-0.25, -0.2) is 13.2 Å². The Kier molecular flexibility index (Phi) is 8.33. The van der Waals surface area contributed by atoms with E-state index in [1.165, 1.54) is 22.5 Å². The average molecular weight is 450 g/mol. The summed E-state index contributed by atoms with van der Waals surface area (Å²) < 4.78 is 36.6. The quantitative estimate of drug-likeness (QED) is 0.468. The van der Waals surface area contributed by atoms with E-state index in [4.69, 9.17) is 9.47 Å². The molecule has 9 nitrogen and oxygen atoms in total. The van der Waals surface area contributed by atoms with Gasteiger partial charge in [-0.15, -0.1) is 0 Å². The van der Waals surface area contributed by atoms with Crippen molar-refractivity contribution in [1.82, 2.24) is 9.62 Å². The van der Waals surface area contributed by atoms with Gasteiger partial charge in [0.05, 0.1) is 24.2 Å². The summed E-state index contributed by atoms with van der Waals surface area (Å²) in [5, 5.41) is 11.8. The molecular weight excluding hydrogens is 422 g/mol. The Bertz CT molecular complexity index is 960. The van der Waals surface area contributed by atoms with Crippen LogP contribution in [0.4, 0.5) is 0 Å². The molecule has 31 heavy (non-hydrogen) atoms. The normalized spacial score (nSPS) is 17.1.